The monoisotopic (exact) mass is 913 g/mol. The van der Waals surface area contributed by atoms with Crippen molar-refractivity contribution in [3.8, 4) is 5.75 Å². The average molecular weight is 914 g/mol. The molecule has 8 aromatic rings. The van der Waals surface area contributed by atoms with Gasteiger partial charge in [-0.25, -0.2) is 0 Å². The third kappa shape index (κ3) is 10.8. The van der Waals surface area contributed by atoms with Crippen molar-refractivity contribution >= 4 is 69.8 Å². The Bertz CT molecular complexity index is 3090. The number of hydrogen-bond donors (Lipinski definition) is 0. The van der Waals surface area contributed by atoms with E-state index in [-0.39, 0.29) is 6.04 Å². The van der Waals surface area contributed by atoms with Crippen LogP contribution in [0.15, 0.2) is 212 Å². The van der Waals surface area contributed by atoms with Crippen LogP contribution in [0.5, 0.6) is 5.75 Å². The van der Waals surface area contributed by atoms with Gasteiger partial charge in [-0.1, -0.05) is 166 Å². The van der Waals surface area contributed by atoms with Crippen LogP contribution in [0, 0.1) is 13.8 Å². The SMILES string of the molecule is CCOc1ccc(N(c2ccc(/C=C/c3ccc(N(c4ccccc4)c4c(C)cccc4CC)cc3)cc2)c2ccc(/C=C/c3ccc(N(c4c(C)cccc4CC)C4C=CC=CC4)cc3)cc2)cc1. The Morgan fingerprint density at radius 3 is 1.31 bits per heavy atom. The fourth-order valence-corrected chi connectivity index (χ4v) is 9.54. The molecule has 0 bridgehead atoms. The maximum absolute atomic E-state index is 5.82. The number of benzene rings is 8. The Morgan fingerprint density at radius 2 is 0.857 bits per heavy atom. The Balaban J connectivity index is 0.929. The lowest BCUT2D eigenvalue weighted by atomic mass is 9.99. The third-order valence-corrected chi connectivity index (χ3v) is 13.1. The van der Waals surface area contributed by atoms with Crippen molar-refractivity contribution in [3.05, 3.63) is 257 Å². The van der Waals surface area contributed by atoms with Gasteiger partial charge in [-0.3, -0.25) is 0 Å². The van der Waals surface area contributed by atoms with E-state index in [2.05, 4.69) is 267 Å². The molecule has 8 aromatic carbocycles. The molecule has 348 valence electrons. The molecule has 0 N–H and O–H groups in total. The van der Waals surface area contributed by atoms with Crippen molar-refractivity contribution in [2.75, 3.05) is 21.3 Å². The van der Waals surface area contributed by atoms with E-state index >= 15 is 0 Å². The maximum Gasteiger partial charge on any atom is 0.119 e. The lowest BCUT2D eigenvalue weighted by molar-refractivity contribution is 0.340. The van der Waals surface area contributed by atoms with E-state index in [0.29, 0.717) is 6.61 Å². The molecule has 1 aliphatic carbocycles. The zero-order valence-electron chi connectivity index (χ0n) is 41.2. The summed E-state index contributed by atoms with van der Waals surface area (Å²) in [5, 5.41) is 0. The van der Waals surface area contributed by atoms with Gasteiger partial charge in [-0.2, -0.15) is 0 Å². The van der Waals surface area contributed by atoms with Gasteiger partial charge >= 0.3 is 0 Å². The zero-order valence-corrected chi connectivity index (χ0v) is 41.2. The van der Waals surface area contributed by atoms with Crippen LogP contribution >= 0.6 is 0 Å². The van der Waals surface area contributed by atoms with Gasteiger partial charge in [0, 0.05) is 39.8 Å². The topological polar surface area (TPSA) is 19.0 Å². The lowest BCUT2D eigenvalue weighted by Crippen LogP contribution is -2.31. The number of para-hydroxylation sites is 3. The number of rotatable bonds is 17. The van der Waals surface area contributed by atoms with Crippen LogP contribution in [-0.2, 0) is 12.8 Å². The molecule has 0 fully saturated rings. The predicted molar refractivity (Wildman–Crippen MR) is 301 cm³/mol. The molecule has 0 radical (unpaired) electrons. The molecule has 4 nitrogen and oxygen atoms in total. The summed E-state index contributed by atoms with van der Waals surface area (Å²) in [5.74, 6) is 0.860. The van der Waals surface area contributed by atoms with Crippen molar-refractivity contribution < 1.29 is 4.74 Å². The molecule has 0 saturated heterocycles. The second-order valence-electron chi connectivity index (χ2n) is 17.8. The van der Waals surface area contributed by atoms with Crippen molar-refractivity contribution in [2.45, 2.75) is 59.9 Å². The highest BCUT2D eigenvalue weighted by atomic mass is 16.5. The van der Waals surface area contributed by atoms with E-state index in [4.69, 9.17) is 4.74 Å². The van der Waals surface area contributed by atoms with E-state index < -0.39 is 0 Å². The molecular formula is C66H63N3O. The minimum absolute atomic E-state index is 0.264. The number of allylic oxidation sites excluding steroid dienone is 2. The summed E-state index contributed by atoms with van der Waals surface area (Å²) in [6.45, 7) is 11.6. The van der Waals surface area contributed by atoms with Gasteiger partial charge in [0.05, 0.1) is 18.3 Å². The fourth-order valence-electron chi connectivity index (χ4n) is 9.54. The molecular weight excluding hydrogens is 851 g/mol. The first-order chi connectivity index (χ1) is 34.4. The highest BCUT2D eigenvalue weighted by Crippen LogP contribution is 2.41. The van der Waals surface area contributed by atoms with Crippen LogP contribution in [0.1, 0.15) is 71.7 Å². The second kappa shape index (κ2) is 22.4. The number of aryl methyl sites for hydroxylation is 4. The van der Waals surface area contributed by atoms with Crippen molar-refractivity contribution in [3.63, 3.8) is 0 Å². The number of nitrogens with zero attached hydrogens (tertiary/aromatic N) is 3. The molecule has 1 aliphatic rings. The summed E-state index contributed by atoms with van der Waals surface area (Å²) in [7, 11) is 0. The maximum atomic E-state index is 5.82. The van der Waals surface area contributed by atoms with E-state index in [1.165, 1.54) is 39.3 Å². The predicted octanol–water partition coefficient (Wildman–Crippen LogP) is 18.1. The van der Waals surface area contributed by atoms with Crippen molar-refractivity contribution in [2.24, 2.45) is 0 Å². The highest BCUT2D eigenvalue weighted by Gasteiger charge is 2.23. The average Bonchev–Trinajstić information content (AvgIpc) is 3.41. The van der Waals surface area contributed by atoms with Crippen molar-refractivity contribution in [1.82, 2.24) is 0 Å². The van der Waals surface area contributed by atoms with Gasteiger partial charge in [0.1, 0.15) is 5.75 Å². The van der Waals surface area contributed by atoms with Crippen LogP contribution in [0.25, 0.3) is 24.3 Å². The van der Waals surface area contributed by atoms with Crippen LogP contribution in [0.2, 0.25) is 0 Å². The fraction of sp³-hybridized carbons (Fsp3) is 0.152. The summed E-state index contributed by atoms with van der Waals surface area (Å²) in [5.41, 5.74) is 19.1. The largest absolute Gasteiger partial charge is 0.494 e. The first-order valence-corrected chi connectivity index (χ1v) is 24.8. The van der Waals surface area contributed by atoms with Gasteiger partial charge in [0.25, 0.3) is 0 Å². The third-order valence-electron chi connectivity index (χ3n) is 13.1. The Labute approximate surface area is 416 Å². The minimum atomic E-state index is 0.264. The number of ether oxygens (including phenoxy) is 1. The van der Waals surface area contributed by atoms with E-state index in [9.17, 15) is 0 Å². The minimum Gasteiger partial charge on any atom is -0.494 e. The quantitative estimate of drug-likeness (QED) is 0.0847. The zero-order chi connectivity index (χ0) is 48.2. The van der Waals surface area contributed by atoms with E-state index in [1.807, 2.05) is 19.1 Å². The summed E-state index contributed by atoms with van der Waals surface area (Å²) in [4.78, 5) is 7.21. The highest BCUT2D eigenvalue weighted by molar-refractivity contribution is 5.83. The second-order valence-corrected chi connectivity index (χ2v) is 17.8. The Hall–Kier alpha value is -8.08. The molecule has 0 spiro atoms. The van der Waals surface area contributed by atoms with Gasteiger partial charge < -0.3 is 19.4 Å². The van der Waals surface area contributed by atoms with Crippen LogP contribution in [0.4, 0.5) is 45.5 Å². The summed E-state index contributed by atoms with van der Waals surface area (Å²) < 4.78 is 5.82. The summed E-state index contributed by atoms with van der Waals surface area (Å²) in [6.07, 6.45) is 20.6. The van der Waals surface area contributed by atoms with Crippen LogP contribution in [0.3, 0.4) is 0 Å². The number of anilines is 8. The molecule has 0 amide bonds. The van der Waals surface area contributed by atoms with Crippen LogP contribution < -0.4 is 19.4 Å². The molecule has 4 heteroatoms. The smallest absolute Gasteiger partial charge is 0.119 e. The first-order valence-electron chi connectivity index (χ1n) is 24.8. The van der Waals surface area contributed by atoms with Crippen molar-refractivity contribution in [1.29, 1.82) is 0 Å². The summed E-state index contributed by atoms with van der Waals surface area (Å²) >= 11 is 0. The molecule has 0 aliphatic heterocycles. The standard InChI is InChI=1S/C66H63N3O/c1-6-55-19-15-17-49(4)65(55)68(57-21-11-9-12-22-57)62-41-33-53(34-42-62)27-25-51-29-37-59(38-30-51)67(61-45-47-64(48-46-61)70-8-3)60-39-31-52(32-40-60)26-28-54-35-43-63(44-36-54)69(58-23-13-10-14-24-58)66-50(5)18-16-20-56(66)7-2/h9-23,25-48,58H,6-8,24H2,1-5H3/b27-25+,28-26+. The van der Waals surface area contributed by atoms with Crippen LogP contribution in [-0.4, -0.2) is 12.6 Å². The van der Waals surface area contributed by atoms with Gasteiger partial charge in [-0.05, 0) is 169 Å². The molecule has 1 atom stereocenters. The number of hydrogen-bond acceptors (Lipinski definition) is 4. The van der Waals surface area contributed by atoms with Gasteiger partial charge in [-0.15, -0.1) is 0 Å². The van der Waals surface area contributed by atoms with Gasteiger partial charge in [0.2, 0.25) is 0 Å². The molecule has 9 rings (SSSR count). The normalized spacial score (nSPS) is 13.2. The Kier molecular flexibility index (Phi) is 15.0. The van der Waals surface area contributed by atoms with E-state index in [1.54, 1.807) is 0 Å². The molecule has 0 heterocycles. The van der Waals surface area contributed by atoms with E-state index in [0.717, 1.165) is 75.7 Å². The molecule has 0 saturated carbocycles. The molecule has 1 unspecified atom stereocenters. The summed E-state index contributed by atoms with van der Waals surface area (Å²) in [6, 6.07) is 68.0. The first kappa shape index (κ1) is 47.0. The van der Waals surface area contributed by atoms with Gasteiger partial charge in [0.15, 0.2) is 0 Å². The molecule has 0 aromatic heterocycles. The Morgan fingerprint density at radius 1 is 0.429 bits per heavy atom. The molecule has 70 heavy (non-hydrogen) atoms. The lowest BCUT2D eigenvalue weighted by Gasteiger charge is -2.35.